The summed E-state index contributed by atoms with van der Waals surface area (Å²) >= 11 is 0. The monoisotopic (exact) mass is 354 g/mol. The molecule has 1 atom stereocenters. The van der Waals surface area contributed by atoms with E-state index in [1.807, 2.05) is 32.4 Å². The molecule has 0 bridgehead atoms. The molecule has 1 aromatic carbocycles. The summed E-state index contributed by atoms with van der Waals surface area (Å²) < 4.78 is 1.96. The first-order valence-electron chi connectivity index (χ1n) is 8.42. The second kappa shape index (κ2) is 6.62. The van der Waals surface area contributed by atoms with Gasteiger partial charge in [-0.15, -0.1) is 0 Å². The Morgan fingerprint density at radius 2 is 2.08 bits per heavy atom. The Hall–Kier alpha value is -3.16. The van der Waals surface area contributed by atoms with E-state index in [1.54, 1.807) is 12.1 Å². The topological polar surface area (TPSA) is 119 Å². The Morgan fingerprint density at radius 1 is 1.35 bits per heavy atom. The van der Waals surface area contributed by atoms with Gasteiger partial charge in [-0.3, -0.25) is 4.68 Å². The number of hydrogen-bond donors (Lipinski definition) is 3. The number of rotatable bonds is 5. The van der Waals surface area contributed by atoms with Gasteiger partial charge in [0.05, 0.1) is 22.8 Å². The second-order valence-corrected chi connectivity index (χ2v) is 6.23. The molecule has 0 saturated carbocycles. The number of anilines is 2. The average molecular weight is 354 g/mol. The van der Waals surface area contributed by atoms with Crippen LogP contribution in [-0.4, -0.2) is 30.8 Å². The van der Waals surface area contributed by atoms with Crippen molar-refractivity contribution in [2.45, 2.75) is 40.3 Å². The van der Waals surface area contributed by atoms with Crippen LogP contribution in [0.1, 0.15) is 47.2 Å². The largest absolute Gasteiger partial charge is 0.478 e. The standard InChI is InChI=1S/C18H22N6O2/c1-5-24-11(4)15(10(3)23-24)9(2)20-16-13-8-12(17(25)26)6-7-14(13)21-18(19)22-16/h6-9H,5H2,1-4H3,(H,25,26)(H3,19,20,21,22). The van der Waals surface area contributed by atoms with Gasteiger partial charge in [0, 0.05) is 23.2 Å². The van der Waals surface area contributed by atoms with Gasteiger partial charge in [-0.25, -0.2) is 9.78 Å². The van der Waals surface area contributed by atoms with Gasteiger partial charge in [0.15, 0.2) is 0 Å². The summed E-state index contributed by atoms with van der Waals surface area (Å²) in [7, 11) is 0. The number of carbonyl (C=O) groups is 1. The summed E-state index contributed by atoms with van der Waals surface area (Å²) in [5.74, 6) is -0.363. The third-order valence-corrected chi connectivity index (χ3v) is 4.48. The third kappa shape index (κ3) is 3.05. The lowest BCUT2D eigenvalue weighted by molar-refractivity contribution is 0.0697. The highest BCUT2D eigenvalue weighted by Gasteiger charge is 2.19. The number of benzene rings is 1. The van der Waals surface area contributed by atoms with Crippen molar-refractivity contribution >= 4 is 28.6 Å². The number of hydrogen-bond acceptors (Lipinski definition) is 6. The molecule has 2 aromatic heterocycles. The number of fused-ring (bicyclic) bond motifs is 1. The SMILES string of the molecule is CCn1nc(C)c(C(C)Nc2nc(N)nc3ccc(C(=O)O)cc23)c1C. The Labute approximate surface area is 151 Å². The molecule has 0 saturated heterocycles. The molecule has 0 amide bonds. The van der Waals surface area contributed by atoms with Gasteiger partial charge >= 0.3 is 5.97 Å². The van der Waals surface area contributed by atoms with E-state index in [2.05, 4.69) is 20.4 Å². The van der Waals surface area contributed by atoms with Gasteiger partial charge in [-0.2, -0.15) is 10.1 Å². The molecule has 0 fully saturated rings. The minimum Gasteiger partial charge on any atom is -0.478 e. The molecule has 136 valence electrons. The number of aromatic nitrogens is 4. The van der Waals surface area contributed by atoms with Crippen molar-refractivity contribution in [1.82, 2.24) is 19.7 Å². The fourth-order valence-corrected chi connectivity index (χ4v) is 3.31. The zero-order valence-electron chi connectivity index (χ0n) is 15.2. The van der Waals surface area contributed by atoms with Crippen molar-refractivity contribution in [3.05, 3.63) is 40.7 Å². The highest BCUT2D eigenvalue weighted by molar-refractivity contribution is 5.97. The van der Waals surface area contributed by atoms with E-state index in [1.165, 1.54) is 6.07 Å². The Balaban J connectivity index is 2.06. The highest BCUT2D eigenvalue weighted by Crippen LogP contribution is 2.29. The Kier molecular flexibility index (Phi) is 4.50. The van der Waals surface area contributed by atoms with Crippen molar-refractivity contribution < 1.29 is 9.90 Å². The maximum absolute atomic E-state index is 11.3. The van der Waals surface area contributed by atoms with E-state index < -0.39 is 5.97 Å². The van der Waals surface area contributed by atoms with Crippen LogP contribution in [0.25, 0.3) is 10.9 Å². The van der Waals surface area contributed by atoms with Crippen LogP contribution in [0.3, 0.4) is 0 Å². The molecule has 4 N–H and O–H groups in total. The summed E-state index contributed by atoms with van der Waals surface area (Å²) in [6.07, 6.45) is 0. The van der Waals surface area contributed by atoms with E-state index >= 15 is 0 Å². The highest BCUT2D eigenvalue weighted by atomic mass is 16.4. The van der Waals surface area contributed by atoms with Crippen LogP contribution >= 0.6 is 0 Å². The quantitative estimate of drug-likeness (QED) is 0.644. The zero-order chi connectivity index (χ0) is 19.0. The number of carboxylic acids is 1. The maximum atomic E-state index is 11.3. The first-order valence-corrected chi connectivity index (χ1v) is 8.42. The van der Waals surface area contributed by atoms with Crippen molar-refractivity contribution in [2.24, 2.45) is 0 Å². The Morgan fingerprint density at radius 3 is 2.69 bits per heavy atom. The smallest absolute Gasteiger partial charge is 0.335 e. The summed E-state index contributed by atoms with van der Waals surface area (Å²) in [4.78, 5) is 19.8. The van der Waals surface area contributed by atoms with Crippen LogP contribution in [0.5, 0.6) is 0 Å². The molecule has 0 aliphatic carbocycles. The van der Waals surface area contributed by atoms with Gasteiger partial charge in [0.25, 0.3) is 0 Å². The minimum atomic E-state index is -1.00. The number of aromatic carboxylic acids is 1. The fraction of sp³-hybridized carbons (Fsp3) is 0.333. The van der Waals surface area contributed by atoms with Gasteiger partial charge < -0.3 is 16.2 Å². The normalized spacial score (nSPS) is 12.3. The van der Waals surface area contributed by atoms with Crippen LogP contribution < -0.4 is 11.1 Å². The summed E-state index contributed by atoms with van der Waals surface area (Å²) in [5, 5.41) is 17.8. The van der Waals surface area contributed by atoms with Crippen LogP contribution in [0.4, 0.5) is 11.8 Å². The maximum Gasteiger partial charge on any atom is 0.335 e. The lowest BCUT2D eigenvalue weighted by Gasteiger charge is -2.17. The number of nitrogen functional groups attached to an aromatic ring is 1. The van der Waals surface area contributed by atoms with Gasteiger partial charge in [0.1, 0.15) is 5.82 Å². The number of nitrogens with one attached hydrogen (secondary N) is 1. The predicted octanol–water partition coefficient (Wildman–Crippen LogP) is 2.92. The molecule has 0 radical (unpaired) electrons. The lowest BCUT2D eigenvalue weighted by atomic mass is 10.1. The van der Waals surface area contributed by atoms with Crippen LogP contribution in [0.2, 0.25) is 0 Å². The zero-order valence-corrected chi connectivity index (χ0v) is 15.2. The molecular formula is C18H22N6O2. The van der Waals surface area contributed by atoms with E-state index in [-0.39, 0.29) is 17.6 Å². The van der Waals surface area contributed by atoms with E-state index in [9.17, 15) is 9.90 Å². The first-order chi connectivity index (χ1) is 12.3. The van der Waals surface area contributed by atoms with Crippen LogP contribution in [-0.2, 0) is 6.54 Å². The van der Waals surface area contributed by atoms with E-state index in [0.29, 0.717) is 16.7 Å². The summed E-state index contributed by atoms with van der Waals surface area (Å²) in [6.45, 7) is 8.87. The second-order valence-electron chi connectivity index (χ2n) is 6.23. The number of nitrogens with two attached hydrogens (primary N) is 1. The fourth-order valence-electron chi connectivity index (χ4n) is 3.31. The molecule has 8 heteroatoms. The molecular weight excluding hydrogens is 332 g/mol. The molecule has 0 aliphatic rings. The van der Waals surface area contributed by atoms with Crippen LogP contribution in [0, 0.1) is 13.8 Å². The lowest BCUT2D eigenvalue weighted by Crippen LogP contribution is -2.12. The van der Waals surface area contributed by atoms with Crippen LogP contribution in [0.15, 0.2) is 18.2 Å². The Bertz CT molecular complexity index is 995. The number of aryl methyl sites for hydroxylation is 2. The van der Waals surface area contributed by atoms with Crippen molar-refractivity contribution in [3.63, 3.8) is 0 Å². The molecule has 1 unspecified atom stereocenters. The number of carboxylic acid groups (broad SMARTS) is 1. The van der Waals surface area contributed by atoms with Gasteiger partial charge in [0.2, 0.25) is 5.95 Å². The van der Waals surface area contributed by atoms with Gasteiger partial charge in [-0.1, -0.05) is 0 Å². The molecule has 26 heavy (non-hydrogen) atoms. The van der Waals surface area contributed by atoms with Crippen molar-refractivity contribution in [3.8, 4) is 0 Å². The van der Waals surface area contributed by atoms with Crippen molar-refractivity contribution in [1.29, 1.82) is 0 Å². The summed E-state index contributed by atoms with van der Waals surface area (Å²) in [5.41, 5.74) is 9.72. The molecule has 2 heterocycles. The molecule has 3 rings (SSSR count). The number of nitrogens with zero attached hydrogens (tertiary/aromatic N) is 4. The van der Waals surface area contributed by atoms with Crippen molar-refractivity contribution in [2.75, 3.05) is 11.1 Å². The third-order valence-electron chi connectivity index (χ3n) is 4.48. The van der Waals surface area contributed by atoms with E-state index in [4.69, 9.17) is 5.73 Å². The minimum absolute atomic E-state index is 0.0821. The van der Waals surface area contributed by atoms with E-state index in [0.717, 1.165) is 23.5 Å². The average Bonchev–Trinajstić information content (AvgIpc) is 2.88. The molecule has 0 aliphatic heterocycles. The summed E-state index contributed by atoms with van der Waals surface area (Å²) in [6, 6.07) is 4.62. The molecule has 8 nitrogen and oxygen atoms in total. The predicted molar refractivity (Wildman–Crippen MR) is 100 cm³/mol. The first kappa shape index (κ1) is 17.7. The van der Waals surface area contributed by atoms with Gasteiger partial charge in [-0.05, 0) is 45.9 Å². The molecule has 3 aromatic rings. The molecule has 0 spiro atoms.